The second-order valence-electron chi connectivity index (χ2n) is 10.7. The van der Waals surface area contributed by atoms with Crippen LogP contribution in [0.5, 0.6) is 5.75 Å². The number of aliphatic hydroxyl groups is 1. The van der Waals surface area contributed by atoms with Crippen LogP contribution in [0.15, 0.2) is 24.3 Å². The number of aliphatic carboxylic acids is 1. The molecular formula is C28H40N5O10S2+. The van der Waals surface area contributed by atoms with Gasteiger partial charge in [0, 0.05) is 37.5 Å². The molecule has 1 aliphatic heterocycles. The van der Waals surface area contributed by atoms with Crippen molar-refractivity contribution in [3.63, 3.8) is 0 Å². The van der Waals surface area contributed by atoms with Crippen LogP contribution in [-0.4, -0.2) is 110 Å². The first-order valence-corrected chi connectivity index (χ1v) is 15.3. The summed E-state index contributed by atoms with van der Waals surface area (Å²) in [5.41, 5.74) is 9.32. The van der Waals surface area contributed by atoms with Gasteiger partial charge in [-0.1, -0.05) is 12.1 Å². The zero-order valence-electron chi connectivity index (χ0n) is 24.5. The Labute approximate surface area is 270 Å². The van der Waals surface area contributed by atoms with E-state index >= 15 is 0 Å². The zero-order valence-corrected chi connectivity index (χ0v) is 26.3. The number of carboxylic acids is 1. The minimum absolute atomic E-state index is 0.00941. The molecule has 4 amide bonds. The third-order valence-corrected chi connectivity index (χ3v) is 8.42. The number of likely N-dealkylation sites (tertiary alicyclic amines) is 1. The molecule has 2 rings (SSSR count). The first-order valence-electron chi connectivity index (χ1n) is 14.2. The molecule has 0 unspecified atom stereocenters. The molecule has 1 aliphatic rings. The van der Waals surface area contributed by atoms with Gasteiger partial charge in [0.2, 0.25) is 23.6 Å². The maximum atomic E-state index is 13.3. The van der Waals surface area contributed by atoms with Crippen molar-refractivity contribution in [2.24, 2.45) is 11.7 Å². The largest absolute Gasteiger partial charge is 0.508 e. The van der Waals surface area contributed by atoms with Gasteiger partial charge in [0.05, 0.1) is 12.6 Å². The van der Waals surface area contributed by atoms with Crippen molar-refractivity contribution in [3.8, 4) is 5.75 Å². The summed E-state index contributed by atoms with van der Waals surface area (Å²) in [4.78, 5) is 88.8. The molecule has 1 aromatic rings. The van der Waals surface area contributed by atoms with Crippen molar-refractivity contribution in [3.05, 3.63) is 29.8 Å². The number of amides is 4. The van der Waals surface area contributed by atoms with Crippen LogP contribution in [0.25, 0.3) is 0 Å². The van der Waals surface area contributed by atoms with E-state index < -0.39 is 83.1 Å². The van der Waals surface area contributed by atoms with Gasteiger partial charge in [0.15, 0.2) is 22.9 Å². The highest BCUT2D eigenvalue weighted by Crippen LogP contribution is 2.21. The molecule has 0 saturated carbocycles. The number of Topliss-reactive ketones (excluding diaryl/α,β-unsaturated/α-hetero) is 2. The van der Waals surface area contributed by atoms with E-state index in [-0.39, 0.29) is 43.7 Å². The topological polar surface area (TPSA) is 261 Å². The van der Waals surface area contributed by atoms with Gasteiger partial charge in [-0.2, -0.15) is 25.3 Å². The van der Waals surface area contributed by atoms with E-state index in [0.29, 0.717) is 18.4 Å². The van der Waals surface area contributed by atoms with Gasteiger partial charge in [0.25, 0.3) is 0 Å². The lowest BCUT2D eigenvalue weighted by Crippen LogP contribution is -2.70. The minimum Gasteiger partial charge on any atom is -0.508 e. The number of nitrogens with one attached hydrogen (secondary N) is 2. The van der Waals surface area contributed by atoms with Crippen LogP contribution in [0, 0.1) is 5.92 Å². The SMILES string of the molecule is NC(=O)[C@H](CO)NC(=O)[C@@H](CC(=O)[C@H](CS)NC(=O)[C@@H]1CCCN1C(=O)CCC(=O)[C@@H]([NH3+])[C@@H](S)C(=O)O)Cc1ccc(O)cc1. The predicted molar refractivity (Wildman–Crippen MR) is 165 cm³/mol. The number of aromatic hydroxyl groups is 1. The number of ketones is 2. The zero-order chi connectivity index (χ0) is 33.8. The second kappa shape index (κ2) is 17.7. The fraction of sp³-hybridized carbons (Fsp3) is 0.536. The molecule has 45 heavy (non-hydrogen) atoms. The standard InChI is InChI=1S/C28H39N5O10S2/c29-23(24(45)28(42)43)20(36)7-8-22(38)33-9-1-2-19(33)27(41)32-18(13-44)21(37)11-15(10-14-3-5-16(35)6-4-14)26(40)31-17(12-34)25(30)39/h3-6,15,17-19,23-24,34-35,44-45H,1-2,7-13,29H2,(H2,30,39)(H,31,40)(H,32,41)(H,42,43)/p+1/t15-,17+,18+,19+,23-,24-/m1/s1. The van der Waals surface area contributed by atoms with Crippen LogP contribution >= 0.6 is 25.3 Å². The summed E-state index contributed by atoms with van der Waals surface area (Å²) in [6.45, 7) is -0.515. The molecule has 248 valence electrons. The van der Waals surface area contributed by atoms with E-state index in [1.807, 2.05) is 0 Å². The van der Waals surface area contributed by atoms with Gasteiger partial charge in [-0.3, -0.25) is 33.6 Å². The van der Waals surface area contributed by atoms with Gasteiger partial charge >= 0.3 is 5.97 Å². The number of quaternary nitrogens is 1. The van der Waals surface area contributed by atoms with Crippen LogP contribution < -0.4 is 22.1 Å². The van der Waals surface area contributed by atoms with E-state index in [0.717, 1.165) is 0 Å². The molecule has 0 spiro atoms. The number of carboxylic acid groups (broad SMARTS) is 1. The lowest BCUT2D eigenvalue weighted by Gasteiger charge is -2.27. The minimum atomic E-state index is -1.38. The summed E-state index contributed by atoms with van der Waals surface area (Å²) in [6.07, 6.45) is -0.126. The molecule has 0 aliphatic carbocycles. The summed E-state index contributed by atoms with van der Waals surface area (Å²) in [5.74, 6) is -6.44. The van der Waals surface area contributed by atoms with E-state index in [2.05, 4.69) is 41.6 Å². The summed E-state index contributed by atoms with van der Waals surface area (Å²) in [6, 6.07) is 1.29. The number of primary amides is 1. The van der Waals surface area contributed by atoms with Crippen molar-refractivity contribution < 1.29 is 54.6 Å². The molecule has 17 heteroatoms. The number of nitrogens with two attached hydrogens (primary N) is 1. The van der Waals surface area contributed by atoms with Gasteiger partial charge in [0.1, 0.15) is 17.8 Å². The molecule has 0 bridgehead atoms. The average Bonchev–Trinajstić information content (AvgIpc) is 3.51. The summed E-state index contributed by atoms with van der Waals surface area (Å²) < 4.78 is 0. The van der Waals surface area contributed by atoms with Crippen LogP contribution in [0.4, 0.5) is 0 Å². The summed E-state index contributed by atoms with van der Waals surface area (Å²) in [7, 11) is 0. The number of carbonyl (C=O) groups is 7. The highest BCUT2D eigenvalue weighted by molar-refractivity contribution is 7.81. The number of carbonyl (C=O) groups excluding carboxylic acids is 6. The fourth-order valence-electron chi connectivity index (χ4n) is 4.80. The highest BCUT2D eigenvalue weighted by Gasteiger charge is 2.37. The first kappa shape index (κ1) is 37.5. The Morgan fingerprint density at radius 2 is 1.67 bits per heavy atom. The van der Waals surface area contributed by atoms with Crippen LogP contribution in [-0.2, 0) is 40.0 Å². The van der Waals surface area contributed by atoms with Gasteiger partial charge in [-0.25, -0.2) is 0 Å². The van der Waals surface area contributed by atoms with E-state index in [1.165, 1.54) is 17.0 Å². The Morgan fingerprint density at radius 3 is 2.22 bits per heavy atom. The van der Waals surface area contributed by atoms with Crippen molar-refractivity contribution in [1.82, 2.24) is 15.5 Å². The summed E-state index contributed by atoms with van der Waals surface area (Å²) in [5, 5.41) is 31.6. The van der Waals surface area contributed by atoms with Crippen molar-refractivity contribution in [2.45, 2.75) is 67.9 Å². The highest BCUT2D eigenvalue weighted by atomic mass is 32.1. The van der Waals surface area contributed by atoms with Crippen molar-refractivity contribution >= 4 is 66.4 Å². The van der Waals surface area contributed by atoms with E-state index in [1.54, 1.807) is 12.1 Å². The Balaban J connectivity index is 2.09. The van der Waals surface area contributed by atoms with Crippen LogP contribution in [0.3, 0.4) is 0 Å². The Kier molecular flexibility index (Phi) is 14.8. The number of hydrogen-bond acceptors (Lipinski definition) is 11. The maximum Gasteiger partial charge on any atom is 0.323 e. The molecule has 10 N–H and O–H groups in total. The molecule has 0 aromatic heterocycles. The Morgan fingerprint density at radius 1 is 1.02 bits per heavy atom. The third kappa shape index (κ3) is 11.0. The van der Waals surface area contributed by atoms with E-state index in [9.17, 15) is 43.8 Å². The second-order valence-corrected chi connectivity index (χ2v) is 11.7. The molecule has 1 aromatic carbocycles. The Hall–Kier alpha value is -3.67. The molecule has 0 radical (unpaired) electrons. The third-order valence-electron chi connectivity index (χ3n) is 7.48. The summed E-state index contributed by atoms with van der Waals surface area (Å²) >= 11 is 8.05. The number of benzene rings is 1. The molecule has 1 fully saturated rings. The lowest BCUT2D eigenvalue weighted by molar-refractivity contribution is -0.400. The van der Waals surface area contributed by atoms with Crippen molar-refractivity contribution in [1.29, 1.82) is 0 Å². The number of thiol groups is 2. The van der Waals surface area contributed by atoms with E-state index in [4.69, 9.17) is 10.8 Å². The number of phenols is 1. The smallest absolute Gasteiger partial charge is 0.323 e. The number of rotatable bonds is 18. The van der Waals surface area contributed by atoms with Gasteiger partial charge in [-0.05, 0) is 37.0 Å². The van der Waals surface area contributed by atoms with Gasteiger partial charge in [-0.15, -0.1) is 0 Å². The quantitative estimate of drug-likeness (QED) is 0.0726. The number of aliphatic hydroxyl groups excluding tert-OH is 1. The van der Waals surface area contributed by atoms with Gasteiger partial charge < -0.3 is 42.3 Å². The lowest BCUT2D eigenvalue weighted by atomic mass is 9.91. The Bertz CT molecular complexity index is 1260. The molecule has 6 atom stereocenters. The number of nitrogens with zero attached hydrogens (tertiary/aromatic N) is 1. The average molecular weight is 671 g/mol. The number of phenolic OH excluding ortho intramolecular Hbond substituents is 1. The molecular weight excluding hydrogens is 630 g/mol. The predicted octanol–water partition coefficient (Wildman–Crippen LogP) is -2.78. The fourth-order valence-corrected chi connectivity index (χ4v) is 5.26. The molecule has 1 heterocycles. The number of hydrogen-bond donors (Lipinski definition) is 9. The first-order chi connectivity index (χ1) is 21.2. The normalized spacial score (nSPS) is 17.8. The van der Waals surface area contributed by atoms with Crippen LogP contribution in [0.2, 0.25) is 0 Å². The monoisotopic (exact) mass is 670 g/mol. The molecule has 15 nitrogen and oxygen atoms in total. The maximum absolute atomic E-state index is 13.3. The van der Waals surface area contributed by atoms with Crippen LogP contribution in [0.1, 0.15) is 37.7 Å². The van der Waals surface area contributed by atoms with Crippen molar-refractivity contribution in [2.75, 3.05) is 18.9 Å². The molecule has 1 saturated heterocycles.